The van der Waals surface area contributed by atoms with Gasteiger partial charge in [-0.1, -0.05) is 6.92 Å². The maximum atomic E-state index is 9.68. The lowest BCUT2D eigenvalue weighted by molar-refractivity contribution is -0.349. The van der Waals surface area contributed by atoms with Crippen molar-refractivity contribution in [2.75, 3.05) is 6.61 Å². The van der Waals surface area contributed by atoms with Gasteiger partial charge in [-0.25, -0.2) is 0 Å². The fourth-order valence-corrected chi connectivity index (χ4v) is 1.51. The maximum absolute atomic E-state index is 9.68. The van der Waals surface area contributed by atoms with Crippen LogP contribution in [0, 0.1) is 0 Å². The van der Waals surface area contributed by atoms with E-state index in [1.807, 2.05) is 0 Å². The van der Waals surface area contributed by atoms with Crippen LogP contribution in [0.1, 0.15) is 13.3 Å². The molecule has 1 aliphatic rings. The first-order chi connectivity index (χ1) is 6.46. The average Bonchev–Trinajstić information content (AvgIpc) is 2.20. The van der Waals surface area contributed by atoms with E-state index >= 15 is 0 Å². The summed E-state index contributed by atoms with van der Waals surface area (Å²) in [6.45, 7) is 1.02. The molecule has 5 N–H and O–H groups in total. The molecular formula is C8H16O6. The minimum Gasteiger partial charge on any atom is -0.394 e. The monoisotopic (exact) mass is 208 g/mol. The predicted octanol–water partition coefficient (Wildman–Crippen LogP) is -2.44. The Labute approximate surface area is 81.4 Å². The van der Waals surface area contributed by atoms with Crippen LogP contribution in [0.25, 0.3) is 0 Å². The molecule has 0 aliphatic carbocycles. The number of aliphatic hydroxyl groups is 5. The van der Waals surface area contributed by atoms with Gasteiger partial charge < -0.3 is 30.3 Å². The van der Waals surface area contributed by atoms with Crippen LogP contribution in [0.15, 0.2) is 0 Å². The smallest absolute Gasteiger partial charge is 0.194 e. The Bertz CT molecular complexity index is 196. The maximum Gasteiger partial charge on any atom is 0.194 e. The molecule has 0 spiro atoms. The molecule has 6 nitrogen and oxygen atoms in total. The second-order valence-corrected chi connectivity index (χ2v) is 3.46. The summed E-state index contributed by atoms with van der Waals surface area (Å²) in [5.74, 6) is -1.91. The fourth-order valence-electron chi connectivity index (χ4n) is 1.51. The van der Waals surface area contributed by atoms with E-state index in [9.17, 15) is 20.4 Å². The molecule has 0 aromatic heterocycles. The molecule has 0 radical (unpaired) electrons. The van der Waals surface area contributed by atoms with Crippen LogP contribution in [0.5, 0.6) is 0 Å². The van der Waals surface area contributed by atoms with Crippen molar-refractivity contribution >= 4 is 0 Å². The minimum atomic E-state index is -1.91. The highest BCUT2D eigenvalue weighted by atomic mass is 16.7. The van der Waals surface area contributed by atoms with Gasteiger partial charge in [-0.05, 0) is 0 Å². The number of hydrogen-bond acceptors (Lipinski definition) is 6. The molecular weight excluding hydrogens is 192 g/mol. The summed E-state index contributed by atoms with van der Waals surface area (Å²) in [4.78, 5) is 0. The van der Waals surface area contributed by atoms with Gasteiger partial charge in [0.1, 0.15) is 24.4 Å². The van der Waals surface area contributed by atoms with E-state index in [1.54, 1.807) is 6.92 Å². The standard InChI is InChI=1S/C8H16O6/c1-2-8(13)7(12)6(11)5(10)4(3-9)14-8/h4-7,9-13H,2-3H2,1H3/t4-,5-,6+,7-,8?/m1/s1. The Morgan fingerprint density at radius 3 is 2.21 bits per heavy atom. The zero-order chi connectivity index (χ0) is 10.9. The number of ether oxygens (including phenoxy) is 1. The predicted molar refractivity (Wildman–Crippen MR) is 45.2 cm³/mol. The second-order valence-electron chi connectivity index (χ2n) is 3.46. The van der Waals surface area contributed by atoms with E-state index in [2.05, 4.69) is 0 Å². The topological polar surface area (TPSA) is 110 Å². The molecule has 0 bridgehead atoms. The molecule has 0 aromatic carbocycles. The zero-order valence-electron chi connectivity index (χ0n) is 7.87. The number of rotatable bonds is 2. The van der Waals surface area contributed by atoms with E-state index < -0.39 is 36.8 Å². The summed E-state index contributed by atoms with van der Waals surface area (Å²) in [6, 6.07) is 0. The molecule has 0 aromatic rings. The first-order valence-corrected chi connectivity index (χ1v) is 4.51. The zero-order valence-corrected chi connectivity index (χ0v) is 7.87. The van der Waals surface area contributed by atoms with Gasteiger partial charge in [0.25, 0.3) is 0 Å². The van der Waals surface area contributed by atoms with Gasteiger partial charge in [0.2, 0.25) is 0 Å². The summed E-state index contributed by atoms with van der Waals surface area (Å²) in [5.41, 5.74) is 0. The quantitative estimate of drug-likeness (QED) is 0.345. The van der Waals surface area contributed by atoms with E-state index in [0.29, 0.717) is 0 Å². The Morgan fingerprint density at radius 1 is 1.21 bits per heavy atom. The van der Waals surface area contributed by atoms with E-state index in [1.165, 1.54) is 0 Å². The van der Waals surface area contributed by atoms with E-state index in [-0.39, 0.29) is 6.42 Å². The number of hydrogen-bond donors (Lipinski definition) is 5. The summed E-state index contributed by atoms with van der Waals surface area (Å²) in [6.07, 6.45) is -5.54. The van der Waals surface area contributed by atoms with Crippen LogP contribution < -0.4 is 0 Å². The lowest BCUT2D eigenvalue weighted by Gasteiger charge is -2.45. The molecule has 1 rings (SSSR count). The molecule has 1 fully saturated rings. The average molecular weight is 208 g/mol. The Hall–Kier alpha value is -0.240. The molecule has 14 heavy (non-hydrogen) atoms. The molecule has 0 saturated carbocycles. The third kappa shape index (κ3) is 1.77. The molecule has 6 heteroatoms. The van der Waals surface area contributed by atoms with Crippen molar-refractivity contribution in [1.82, 2.24) is 0 Å². The van der Waals surface area contributed by atoms with Crippen molar-refractivity contribution in [3.63, 3.8) is 0 Å². The van der Waals surface area contributed by atoms with Crippen LogP contribution in [0.3, 0.4) is 0 Å². The molecule has 1 aliphatic heterocycles. The van der Waals surface area contributed by atoms with Gasteiger partial charge >= 0.3 is 0 Å². The summed E-state index contributed by atoms with van der Waals surface area (Å²) < 4.78 is 4.91. The Morgan fingerprint density at radius 2 is 1.79 bits per heavy atom. The molecule has 84 valence electrons. The van der Waals surface area contributed by atoms with Crippen LogP contribution in [-0.4, -0.2) is 62.3 Å². The van der Waals surface area contributed by atoms with Crippen LogP contribution >= 0.6 is 0 Å². The highest BCUT2D eigenvalue weighted by molar-refractivity contribution is 4.95. The van der Waals surface area contributed by atoms with Gasteiger partial charge in [-0.3, -0.25) is 0 Å². The van der Waals surface area contributed by atoms with Gasteiger partial charge in [0.15, 0.2) is 5.79 Å². The molecule has 5 atom stereocenters. The van der Waals surface area contributed by atoms with Crippen molar-refractivity contribution in [3.05, 3.63) is 0 Å². The third-order valence-corrected chi connectivity index (χ3v) is 2.56. The summed E-state index contributed by atoms with van der Waals surface area (Å²) >= 11 is 0. The highest BCUT2D eigenvalue weighted by Crippen LogP contribution is 2.30. The third-order valence-electron chi connectivity index (χ3n) is 2.56. The molecule has 1 heterocycles. The molecule has 0 amide bonds. The van der Waals surface area contributed by atoms with Crippen molar-refractivity contribution in [1.29, 1.82) is 0 Å². The first-order valence-electron chi connectivity index (χ1n) is 4.51. The van der Waals surface area contributed by atoms with Gasteiger partial charge in [-0.2, -0.15) is 0 Å². The van der Waals surface area contributed by atoms with Gasteiger partial charge in [0, 0.05) is 6.42 Å². The van der Waals surface area contributed by atoms with Crippen molar-refractivity contribution in [3.8, 4) is 0 Å². The van der Waals surface area contributed by atoms with Gasteiger partial charge in [0.05, 0.1) is 6.61 Å². The van der Waals surface area contributed by atoms with Crippen LogP contribution in [0.4, 0.5) is 0 Å². The van der Waals surface area contributed by atoms with Crippen molar-refractivity contribution < 1.29 is 30.3 Å². The highest BCUT2D eigenvalue weighted by Gasteiger charge is 2.51. The van der Waals surface area contributed by atoms with E-state index in [4.69, 9.17) is 9.84 Å². The van der Waals surface area contributed by atoms with Crippen LogP contribution in [-0.2, 0) is 4.74 Å². The lowest BCUT2D eigenvalue weighted by Crippen LogP contribution is -2.64. The lowest BCUT2D eigenvalue weighted by atomic mass is 9.91. The second kappa shape index (κ2) is 4.09. The molecule has 1 saturated heterocycles. The normalized spacial score (nSPS) is 49.3. The summed E-state index contributed by atoms with van der Waals surface area (Å²) in [7, 11) is 0. The summed E-state index contributed by atoms with van der Waals surface area (Å²) in [5, 5.41) is 46.6. The molecule has 1 unspecified atom stereocenters. The van der Waals surface area contributed by atoms with Gasteiger partial charge in [-0.15, -0.1) is 0 Å². The van der Waals surface area contributed by atoms with Crippen molar-refractivity contribution in [2.45, 2.75) is 43.5 Å². The first kappa shape index (κ1) is 11.8. The van der Waals surface area contributed by atoms with Crippen LogP contribution in [0.2, 0.25) is 0 Å². The van der Waals surface area contributed by atoms with Crippen molar-refractivity contribution in [2.24, 2.45) is 0 Å². The SMILES string of the molecule is CCC1(O)O[C@H](CO)[C@@H](O)[C@H](O)[C@H]1O. The Kier molecular flexibility index (Phi) is 3.46. The largest absolute Gasteiger partial charge is 0.394 e. The van der Waals surface area contributed by atoms with E-state index in [0.717, 1.165) is 0 Å². The fraction of sp³-hybridized carbons (Fsp3) is 1.00. The minimum absolute atomic E-state index is 0.0500. The Balaban J connectivity index is 2.84. The number of aliphatic hydroxyl groups excluding tert-OH is 4.